The zero-order valence-electron chi connectivity index (χ0n) is 13.6. The Kier molecular flexibility index (Phi) is 4.41. The predicted octanol–water partition coefficient (Wildman–Crippen LogP) is 2.06. The summed E-state index contributed by atoms with van der Waals surface area (Å²) in [5.41, 5.74) is 0.889. The van der Waals surface area contributed by atoms with E-state index in [0.29, 0.717) is 34.8 Å². The van der Waals surface area contributed by atoms with Crippen LogP contribution < -0.4 is 19.9 Å². The van der Waals surface area contributed by atoms with Gasteiger partial charge in [0.05, 0.1) is 35.3 Å². The van der Waals surface area contributed by atoms with Crippen molar-refractivity contribution in [1.82, 2.24) is 9.97 Å². The largest absolute Gasteiger partial charge is 0.493 e. The number of imidazole rings is 1. The Hall–Kier alpha value is -2.94. The predicted molar refractivity (Wildman–Crippen MR) is 93.9 cm³/mol. The average Bonchev–Trinajstić information content (AvgIpc) is 2.95. The monoisotopic (exact) mass is 363 g/mol. The second kappa shape index (κ2) is 6.52. The van der Waals surface area contributed by atoms with Gasteiger partial charge in [-0.2, -0.15) is 0 Å². The van der Waals surface area contributed by atoms with Gasteiger partial charge in [0.1, 0.15) is 0 Å². The number of ether oxygens (including phenoxy) is 2. The molecular formula is C16H17N3O5S. The molecule has 3 aromatic rings. The molecule has 3 N–H and O–H groups in total. The maximum atomic E-state index is 12.6. The van der Waals surface area contributed by atoms with Crippen LogP contribution in [0.25, 0.3) is 11.0 Å². The summed E-state index contributed by atoms with van der Waals surface area (Å²) < 4.78 is 38.3. The minimum absolute atomic E-state index is 0.0306. The van der Waals surface area contributed by atoms with Gasteiger partial charge in [0.2, 0.25) is 0 Å². The molecule has 0 aliphatic carbocycles. The number of nitrogens with one attached hydrogen (secondary N) is 3. The van der Waals surface area contributed by atoms with Crippen molar-refractivity contribution in [2.24, 2.45) is 0 Å². The molecule has 2 aromatic carbocycles. The molecule has 0 atom stereocenters. The second-order valence-corrected chi connectivity index (χ2v) is 6.87. The zero-order chi connectivity index (χ0) is 18.0. The van der Waals surface area contributed by atoms with Gasteiger partial charge >= 0.3 is 5.69 Å². The summed E-state index contributed by atoms with van der Waals surface area (Å²) in [5.74, 6) is 0.951. The third kappa shape index (κ3) is 3.45. The summed E-state index contributed by atoms with van der Waals surface area (Å²) in [6.45, 7) is 2.31. The smallest absolute Gasteiger partial charge is 0.323 e. The van der Waals surface area contributed by atoms with Gasteiger partial charge in [-0.25, -0.2) is 13.2 Å². The van der Waals surface area contributed by atoms with Crippen molar-refractivity contribution in [3.8, 4) is 11.5 Å². The van der Waals surface area contributed by atoms with E-state index in [0.717, 1.165) is 0 Å². The van der Waals surface area contributed by atoms with E-state index >= 15 is 0 Å². The third-order valence-electron chi connectivity index (χ3n) is 3.51. The highest BCUT2D eigenvalue weighted by molar-refractivity contribution is 7.92. The van der Waals surface area contributed by atoms with Gasteiger partial charge in [0, 0.05) is 6.07 Å². The van der Waals surface area contributed by atoms with Crippen molar-refractivity contribution in [1.29, 1.82) is 0 Å². The van der Waals surface area contributed by atoms with E-state index in [1.165, 1.54) is 25.3 Å². The molecule has 25 heavy (non-hydrogen) atoms. The number of benzene rings is 2. The van der Waals surface area contributed by atoms with E-state index in [1.807, 2.05) is 6.92 Å². The Morgan fingerprint density at radius 1 is 1.04 bits per heavy atom. The molecule has 0 amide bonds. The Bertz CT molecular complexity index is 1070. The Morgan fingerprint density at radius 2 is 1.80 bits per heavy atom. The number of methoxy groups -OCH3 is 1. The quantitative estimate of drug-likeness (QED) is 0.620. The van der Waals surface area contributed by atoms with Gasteiger partial charge in [0.15, 0.2) is 11.5 Å². The van der Waals surface area contributed by atoms with Crippen LogP contribution in [0, 0.1) is 0 Å². The molecule has 0 aliphatic rings. The molecule has 8 nitrogen and oxygen atoms in total. The Balaban J connectivity index is 1.93. The number of aromatic amines is 2. The fraction of sp³-hybridized carbons (Fsp3) is 0.188. The third-order valence-corrected chi connectivity index (χ3v) is 4.89. The second-order valence-electron chi connectivity index (χ2n) is 5.19. The lowest BCUT2D eigenvalue weighted by Crippen LogP contribution is -2.13. The van der Waals surface area contributed by atoms with Crippen molar-refractivity contribution >= 4 is 26.7 Å². The Labute approximate surface area is 143 Å². The first-order chi connectivity index (χ1) is 11.9. The van der Waals surface area contributed by atoms with E-state index in [-0.39, 0.29) is 4.90 Å². The van der Waals surface area contributed by atoms with Crippen molar-refractivity contribution in [3.63, 3.8) is 0 Å². The molecular weight excluding hydrogens is 346 g/mol. The zero-order valence-corrected chi connectivity index (χ0v) is 14.4. The molecule has 1 heterocycles. The summed E-state index contributed by atoms with van der Waals surface area (Å²) in [5, 5.41) is 0. The van der Waals surface area contributed by atoms with Crippen LogP contribution in [0.4, 0.5) is 5.69 Å². The molecule has 0 spiro atoms. The molecule has 1 aromatic heterocycles. The molecule has 9 heteroatoms. The van der Waals surface area contributed by atoms with Gasteiger partial charge < -0.3 is 19.4 Å². The summed E-state index contributed by atoms with van der Waals surface area (Å²) >= 11 is 0. The van der Waals surface area contributed by atoms with Gasteiger partial charge in [-0.15, -0.1) is 0 Å². The SMILES string of the molecule is CCOc1ccc(NS(=O)(=O)c2ccc3[nH]c(=O)[nH]c3c2)cc1OC. The van der Waals surface area contributed by atoms with Crippen LogP contribution in [0.15, 0.2) is 46.1 Å². The van der Waals surface area contributed by atoms with E-state index in [4.69, 9.17) is 9.47 Å². The number of hydrogen-bond donors (Lipinski definition) is 3. The van der Waals surface area contributed by atoms with Crippen molar-refractivity contribution in [2.75, 3.05) is 18.4 Å². The van der Waals surface area contributed by atoms with Crippen LogP contribution in [0.3, 0.4) is 0 Å². The maximum Gasteiger partial charge on any atom is 0.323 e. The molecule has 0 unspecified atom stereocenters. The van der Waals surface area contributed by atoms with E-state index in [2.05, 4.69) is 14.7 Å². The topological polar surface area (TPSA) is 113 Å². The summed E-state index contributed by atoms with van der Waals surface area (Å²) in [7, 11) is -2.35. The molecule has 0 bridgehead atoms. The van der Waals surface area contributed by atoms with Crippen LogP contribution in [-0.4, -0.2) is 32.1 Å². The number of aromatic nitrogens is 2. The molecule has 0 radical (unpaired) electrons. The highest BCUT2D eigenvalue weighted by atomic mass is 32.2. The highest BCUT2D eigenvalue weighted by Gasteiger charge is 2.16. The van der Waals surface area contributed by atoms with E-state index in [9.17, 15) is 13.2 Å². The maximum absolute atomic E-state index is 12.6. The summed E-state index contributed by atoms with van der Waals surface area (Å²) in [6, 6.07) is 9.09. The minimum atomic E-state index is -3.83. The number of fused-ring (bicyclic) bond motifs is 1. The number of anilines is 1. The molecule has 0 saturated carbocycles. The van der Waals surface area contributed by atoms with Crippen LogP contribution in [0.5, 0.6) is 11.5 Å². The van der Waals surface area contributed by atoms with Crippen molar-refractivity contribution in [3.05, 3.63) is 46.9 Å². The van der Waals surface area contributed by atoms with Crippen molar-refractivity contribution < 1.29 is 17.9 Å². The first-order valence-electron chi connectivity index (χ1n) is 7.48. The molecule has 0 fully saturated rings. The number of H-pyrrole nitrogens is 2. The molecule has 132 valence electrons. The van der Waals surface area contributed by atoms with E-state index in [1.54, 1.807) is 18.2 Å². The number of hydrogen-bond acceptors (Lipinski definition) is 5. The van der Waals surface area contributed by atoms with Gasteiger partial charge in [-0.05, 0) is 37.3 Å². The van der Waals surface area contributed by atoms with Crippen LogP contribution >= 0.6 is 0 Å². The van der Waals surface area contributed by atoms with Crippen LogP contribution in [-0.2, 0) is 10.0 Å². The molecule has 0 aliphatic heterocycles. The van der Waals surface area contributed by atoms with Crippen LogP contribution in [0.2, 0.25) is 0 Å². The first kappa shape index (κ1) is 16.9. The number of rotatable bonds is 6. The lowest BCUT2D eigenvalue weighted by Gasteiger charge is -2.12. The molecule has 0 saturated heterocycles. The average molecular weight is 363 g/mol. The lowest BCUT2D eigenvalue weighted by atomic mass is 10.3. The van der Waals surface area contributed by atoms with Crippen LogP contribution in [0.1, 0.15) is 6.92 Å². The highest BCUT2D eigenvalue weighted by Crippen LogP contribution is 2.31. The fourth-order valence-corrected chi connectivity index (χ4v) is 3.47. The summed E-state index contributed by atoms with van der Waals surface area (Å²) in [6.07, 6.45) is 0. The number of sulfonamides is 1. The van der Waals surface area contributed by atoms with Gasteiger partial charge in [-0.3, -0.25) is 4.72 Å². The summed E-state index contributed by atoms with van der Waals surface area (Å²) in [4.78, 5) is 16.4. The van der Waals surface area contributed by atoms with Gasteiger partial charge in [-0.1, -0.05) is 0 Å². The fourth-order valence-electron chi connectivity index (χ4n) is 2.40. The Morgan fingerprint density at radius 3 is 2.52 bits per heavy atom. The lowest BCUT2D eigenvalue weighted by molar-refractivity contribution is 0.311. The van der Waals surface area contributed by atoms with Gasteiger partial charge in [0.25, 0.3) is 10.0 Å². The molecule has 3 rings (SSSR count). The van der Waals surface area contributed by atoms with Crippen molar-refractivity contribution in [2.45, 2.75) is 11.8 Å². The first-order valence-corrected chi connectivity index (χ1v) is 8.97. The minimum Gasteiger partial charge on any atom is -0.493 e. The standard InChI is InChI=1S/C16H17N3O5S/c1-3-24-14-7-4-10(8-15(14)23-2)19-25(21,22)11-5-6-12-13(9-11)18-16(20)17-12/h4-9,19H,3H2,1-2H3,(H2,17,18,20). The van der Waals surface area contributed by atoms with E-state index < -0.39 is 15.7 Å². The normalized spacial score (nSPS) is 11.4.